The van der Waals surface area contributed by atoms with Crippen LogP contribution in [0.2, 0.25) is 0 Å². The highest BCUT2D eigenvalue weighted by Gasteiger charge is 2.32. The molecule has 1 amide bonds. The Balaban J connectivity index is 1.89. The SMILES string of the molecule is Cn1cc(SC(F)C2CCN(C(=O)OC(C)(C)C)CC2)c(C(F)F)n1. The number of likely N-dealkylation sites (tertiary alicyclic amines) is 1. The number of ether oxygens (including phenoxy) is 1. The summed E-state index contributed by atoms with van der Waals surface area (Å²) >= 11 is 0.781. The first-order valence-corrected chi connectivity index (χ1v) is 9.05. The summed E-state index contributed by atoms with van der Waals surface area (Å²) in [5, 5.41) is 3.69. The van der Waals surface area contributed by atoms with E-state index >= 15 is 0 Å². The monoisotopic (exact) mass is 379 g/mol. The fourth-order valence-corrected chi connectivity index (χ4v) is 3.79. The van der Waals surface area contributed by atoms with Gasteiger partial charge in [-0.15, -0.1) is 0 Å². The molecule has 0 N–H and O–H groups in total. The second-order valence-electron chi connectivity index (χ2n) is 7.13. The molecule has 0 bridgehead atoms. The Bertz CT molecular complexity index is 596. The number of thioether (sulfide) groups is 1. The van der Waals surface area contributed by atoms with Crippen molar-refractivity contribution in [2.24, 2.45) is 13.0 Å². The van der Waals surface area contributed by atoms with Crippen LogP contribution in [-0.2, 0) is 11.8 Å². The van der Waals surface area contributed by atoms with Gasteiger partial charge in [-0.1, -0.05) is 11.8 Å². The quantitative estimate of drug-likeness (QED) is 0.728. The summed E-state index contributed by atoms with van der Waals surface area (Å²) in [6, 6.07) is 0. The Morgan fingerprint density at radius 2 is 1.92 bits per heavy atom. The second-order valence-corrected chi connectivity index (χ2v) is 8.25. The van der Waals surface area contributed by atoms with E-state index in [0.717, 1.165) is 11.8 Å². The summed E-state index contributed by atoms with van der Waals surface area (Å²) in [4.78, 5) is 13.7. The number of nitrogens with zero attached hydrogens (tertiary/aromatic N) is 3. The summed E-state index contributed by atoms with van der Waals surface area (Å²) in [6.07, 6.45) is -0.782. The van der Waals surface area contributed by atoms with E-state index < -0.39 is 23.6 Å². The number of halogens is 3. The van der Waals surface area contributed by atoms with E-state index in [1.807, 2.05) is 0 Å². The molecule has 0 saturated carbocycles. The lowest BCUT2D eigenvalue weighted by molar-refractivity contribution is 0.0168. The van der Waals surface area contributed by atoms with Crippen molar-refractivity contribution in [3.05, 3.63) is 11.9 Å². The highest BCUT2D eigenvalue weighted by atomic mass is 32.2. The van der Waals surface area contributed by atoms with Gasteiger partial charge in [-0.05, 0) is 33.6 Å². The maximum absolute atomic E-state index is 14.6. The molecular formula is C16H24F3N3O2S. The smallest absolute Gasteiger partial charge is 0.410 e. The summed E-state index contributed by atoms with van der Waals surface area (Å²) in [7, 11) is 1.53. The van der Waals surface area contributed by atoms with Crippen LogP contribution in [0.25, 0.3) is 0 Å². The van der Waals surface area contributed by atoms with Gasteiger partial charge in [0.05, 0.1) is 4.90 Å². The highest BCUT2D eigenvalue weighted by molar-refractivity contribution is 7.99. The third-order valence-electron chi connectivity index (χ3n) is 3.83. The lowest BCUT2D eigenvalue weighted by atomic mass is 9.98. The van der Waals surface area contributed by atoms with Crippen molar-refractivity contribution in [3.8, 4) is 0 Å². The zero-order chi connectivity index (χ0) is 18.8. The fraction of sp³-hybridized carbons (Fsp3) is 0.750. The molecule has 2 rings (SSSR count). The molecule has 25 heavy (non-hydrogen) atoms. The molecule has 1 aromatic rings. The average Bonchev–Trinajstić information content (AvgIpc) is 2.86. The van der Waals surface area contributed by atoms with E-state index in [0.29, 0.717) is 25.9 Å². The minimum Gasteiger partial charge on any atom is -0.444 e. The molecule has 1 aromatic heterocycles. The van der Waals surface area contributed by atoms with Crippen LogP contribution in [0.4, 0.5) is 18.0 Å². The van der Waals surface area contributed by atoms with E-state index in [9.17, 15) is 18.0 Å². The van der Waals surface area contributed by atoms with Crippen molar-refractivity contribution in [3.63, 3.8) is 0 Å². The fourth-order valence-electron chi connectivity index (χ4n) is 2.61. The summed E-state index contributed by atoms with van der Waals surface area (Å²) in [5.41, 5.74) is -2.28. The zero-order valence-corrected chi connectivity index (χ0v) is 15.7. The summed E-state index contributed by atoms with van der Waals surface area (Å²) in [6.45, 7) is 6.17. The Kier molecular flexibility index (Phi) is 6.29. The number of amides is 1. The third-order valence-corrected chi connectivity index (χ3v) is 5.01. The van der Waals surface area contributed by atoms with E-state index in [1.165, 1.54) is 17.9 Å². The lowest BCUT2D eigenvalue weighted by Gasteiger charge is -2.34. The molecule has 142 valence electrons. The number of aryl methyl sites for hydroxylation is 1. The van der Waals surface area contributed by atoms with Crippen LogP contribution < -0.4 is 0 Å². The topological polar surface area (TPSA) is 47.4 Å². The van der Waals surface area contributed by atoms with Crippen molar-refractivity contribution in [2.75, 3.05) is 13.1 Å². The molecule has 1 unspecified atom stereocenters. The Hall–Kier alpha value is -1.38. The van der Waals surface area contributed by atoms with Gasteiger partial charge in [-0.3, -0.25) is 4.68 Å². The first-order chi connectivity index (χ1) is 11.6. The van der Waals surface area contributed by atoms with Crippen LogP contribution in [0.5, 0.6) is 0 Å². The van der Waals surface area contributed by atoms with Gasteiger partial charge in [0.2, 0.25) is 0 Å². The molecule has 1 atom stereocenters. The van der Waals surface area contributed by atoms with Gasteiger partial charge in [-0.2, -0.15) is 5.10 Å². The van der Waals surface area contributed by atoms with E-state index in [1.54, 1.807) is 25.7 Å². The Labute approximate surface area is 149 Å². The molecule has 1 saturated heterocycles. The molecule has 1 aliphatic rings. The van der Waals surface area contributed by atoms with Crippen LogP contribution >= 0.6 is 11.8 Å². The standard InChI is InChI=1S/C16H24F3N3O2S/c1-16(2,3)24-15(23)22-7-5-10(6-8-22)14(19)25-11-9-21(4)20-12(11)13(17)18/h9-10,13-14H,5-8H2,1-4H3. The molecular weight excluding hydrogens is 355 g/mol. The third kappa shape index (κ3) is 5.55. The Morgan fingerprint density at radius 1 is 1.32 bits per heavy atom. The Morgan fingerprint density at radius 3 is 2.44 bits per heavy atom. The van der Waals surface area contributed by atoms with Crippen LogP contribution in [0.15, 0.2) is 11.1 Å². The number of piperidine rings is 1. The number of alkyl halides is 3. The zero-order valence-electron chi connectivity index (χ0n) is 14.8. The maximum atomic E-state index is 14.6. The molecule has 0 radical (unpaired) electrons. The predicted octanol–water partition coefficient (Wildman–Crippen LogP) is 4.39. The number of hydrogen-bond donors (Lipinski definition) is 0. The molecule has 1 fully saturated rings. The molecule has 0 aromatic carbocycles. The number of aromatic nitrogens is 2. The largest absolute Gasteiger partial charge is 0.444 e. The van der Waals surface area contributed by atoms with Crippen LogP contribution in [0.1, 0.15) is 45.7 Å². The first-order valence-electron chi connectivity index (χ1n) is 8.17. The molecule has 1 aliphatic heterocycles. The van der Waals surface area contributed by atoms with Gasteiger partial charge >= 0.3 is 6.09 Å². The van der Waals surface area contributed by atoms with Gasteiger partial charge in [0.25, 0.3) is 6.43 Å². The molecule has 9 heteroatoms. The van der Waals surface area contributed by atoms with Crippen molar-refractivity contribution in [1.29, 1.82) is 0 Å². The number of carbonyl (C=O) groups is 1. The molecule has 2 heterocycles. The van der Waals surface area contributed by atoms with Crippen LogP contribution in [0.3, 0.4) is 0 Å². The highest BCUT2D eigenvalue weighted by Crippen LogP contribution is 2.38. The number of hydrogen-bond acceptors (Lipinski definition) is 4. The molecule has 5 nitrogen and oxygen atoms in total. The van der Waals surface area contributed by atoms with E-state index in [4.69, 9.17) is 4.74 Å². The van der Waals surface area contributed by atoms with Gasteiger partial charge < -0.3 is 9.64 Å². The first kappa shape index (κ1) is 19.9. The summed E-state index contributed by atoms with van der Waals surface area (Å²) in [5.74, 6) is -0.297. The summed E-state index contributed by atoms with van der Waals surface area (Å²) < 4.78 is 47.0. The van der Waals surface area contributed by atoms with Crippen molar-refractivity contribution in [2.45, 2.75) is 56.0 Å². The van der Waals surface area contributed by atoms with Gasteiger partial charge in [-0.25, -0.2) is 18.0 Å². The maximum Gasteiger partial charge on any atom is 0.410 e. The minimum absolute atomic E-state index is 0.166. The van der Waals surface area contributed by atoms with E-state index in [2.05, 4.69) is 5.10 Å². The van der Waals surface area contributed by atoms with Gasteiger partial charge in [0.1, 0.15) is 11.3 Å². The van der Waals surface area contributed by atoms with Gasteiger partial charge in [0, 0.05) is 32.3 Å². The molecule has 0 spiro atoms. The van der Waals surface area contributed by atoms with E-state index in [-0.39, 0.29) is 16.5 Å². The predicted molar refractivity (Wildman–Crippen MR) is 89.4 cm³/mol. The number of rotatable bonds is 4. The van der Waals surface area contributed by atoms with Crippen LogP contribution in [-0.4, -0.2) is 45.0 Å². The van der Waals surface area contributed by atoms with Crippen molar-refractivity contribution < 1.29 is 22.7 Å². The lowest BCUT2D eigenvalue weighted by Crippen LogP contribution is -2.42. The minimum atomic E-state index is -2.73. The molecule has 0 aliphatic carbocycles. The second kappa shape index (κ2) is 7.88. The van der Waals surface area contributed by atoms with Crippen LogP contribution in [0, 0.1) is 5.92 Å². The average molecular weight is 379 g/mol. The van der Waals surface area contributed by atoms with Gasteiger partial charge in [0.15, 0.2) is 5.50 Å². The van der Waals surface area contributed by atoms with Crippen molar-refractivity contribution in [1.82, 2.24) is 14.7 Å². The normalized spacial score (nSPS) is 17.8. The number of carbonyl (C=O) groups excluding carboxylic acids is 1. The van der Waals surface area contributed by atoms with Crippen molar-refractivity contribution >= 4 is 17.9 Å².